The van der Waals surface area contributed by atoms with Gasteiger partial charge in [-0.25, -0.2) is 4.98 Å². The molecule has 5 nitrogen and oxygen atoms in total. The number of aliphatic hydroxyl groups is 1. The van der Waals surface area contributed by atoms with E-state index in [1.54, 1.807) is 24.3 Å². The molecule has 1 aromatic carbocycles. The summed E-state index contributed by atoms with van der Waals surface area (Å²) in [6.45, 7) is 0.00439. The van der Waals surface area contributed by atoms with Gasteiger partial charge < -0.3 is 15.6 Å². The van der Waals surface area contributed by atoms with Crippen LogP contribution in [0, 0.1) is 0 Å². The average molecular weight is 296 g/mol. The number of aliphatic hydroxyl groups excluding tert-OH is 1. The van der Waals surface area contributed by atoms with E-state index in [2.05, 4.69) is 25.9 Å². The summed E-state index contributed by atoms with van der Waals surface area (Å²) in [6, 6.07) is 7.04. The van der Waals surface area contributed by atoms with Crippen LogP contribution in [0.4, 0.5) is 5.95 Å². The van der Waals surface area contributed by atoms with E-state index in [1.165, 1.54) is 6.20 Å². The Labute approximate surface area is 106 Å². The minimum Gasteiger partial charge on any atom is -0.438 e. The van der Waals surface area contributed by atoms with E-state index < -0.39 is 0 Å². The second-order valence-corrected chi connectivity index (χ2v) is 4.14. The average Bonchev–Trinajstić information content (AvgIpc) is 2.35. The molecular formula is C11H10BrN3O2. The van der Waals surface area contributed by atoms with Crippen LogP contribution in [-0.4, -0.2) is 15.1 Å². The van der Waals surface area contributed by atoms with Gasteiger partial charge in [-0.15, -0.1) is 0 Å². The first-order chi connectivity index (χ1) is 8.19. The Kier molecular flexibility index (Phi) is 3.55. The fourth-order valence-electron chi connectivity index (χ4n) is 1.21. The third kappa shape index (κ3) is 2.92. The highest BCUT2D eigenvalue weighted by Crippen LogP contribution is 2.27. The Morgan fingerprint density at radius 3 is 2.65 bits per heavy atom. The van der Waals surface area contributed by atoms with Crippen LogP contribution in [0.3, 0.4) is 0 Å². The summed E-state index contributed by atoms with van der Waals surface area (Å²) in [4.78, 5) is 7.77. The van der Waals surface area contributed by atoms with Crippen molar-refractivity contribution in [3.63, 3.8) is 0 Å². The number of hydrogen-bond acceptors (Lipinski definition) is 5. The molecule has 88 valence electrons. The van der Waals surface area contributed by atoms with E-state index in [1.807, 2.05) is 0 Å². The van der Waals surface area contributed by atoms with Gasteiger partial charge in [-0.3, -0.25) is 0 Å². The van der Waals surface area contributed by atoms with E-state index in [0.717, 1.165) is 5.56 Å². The van der Waals surface area contributed by atoms with Crippen LogP contribution in [0.1, 0.15) is 5.56 Å². The lowest BCUT2D eigenvalue weighted by molar-refractivity contribution is 0.281. The third-order valence-corrected chi connectivity index (χ3v) is 2.59. The molecule has 0 amide bonds. The zero-order chi connectivity index (χ0) is 12.3. The summed E-state index contributed by atoms with van der Waals surface area (Å²) in [5.41, 5.74) is 6.29. The van der Waals surface area contributed by atoms with Crippen LogP contribution in [0.25, 0.3) is 0 Å². The van der Waals surface area contributed by atoms with Gasteiger partial charge in [0.05, 0.1) is 17.3 Å². The summed E-state index contributed by atoms with van der Waals surface area (Å²) in [5.74, 6) is 1.12. The van der Waals surface area contributed by atoms with Crippen molar-refractivity contribution in [2.75, 3.05) is 5.73 Å². The Bertz CT molecular complexity index is 517. The van der Waals surface area contributed by atoms with Gasteiger partial charge in [-0.1, -0.05) is 12.1 Å². The lowest BCUT2D eigenvalue weighted by atomic mass is 10.2. The van der Waals surface area contributed by atoms with Crippen LogP contribution < -0.4 is 10.5 Å². The summed E-state index contributed by atoms with van der Waals surface area (Å²) in [6.07, 6.45) is 1.53. The van der Waals surface area contributed by atoms with E-state index in [0.29, 0.717) is 16.1 Å². The number of halogens is 1. The number of nitrogens with zero attached hydrogens (tertiary/aromatic N) is 2. The fraction of sp³-hybridized carbons (Fsp3) is 0.0909. The van der Waals surface area contributed by atoms with Crippen molar-refractivity contribution >= 4 is 21.9 Å². The van der Waals surface area contributed by atoms with Gasteiger partial charge in [-0.05, 0) is 33.6 Å². The monoisotopic (exact) mass is 295 g/mol. The van der Waals surface area contributed by atoms with E-state index in [-0.39, 0.29) is 12.6 Å². The molecule has 0 radical (unpaired) electrons. The van der Waals surface area contributed by atoms with E-state index in [4.69, 9.17) is 15.6 Å². The first-order valence-corrected chi connectivity index (χ1v) is 5.64. The standard InChI is InChI=1S/C11H10BrN3O2/c12-9-5-14-11(13)15-10(9)17-8-3-1-7(6-16)2-4-8/h1-5,16H,6H2,(H2,13,14,15). The fourth-order valence-corrected chi connectivity index (χ4v) is 1.48. The minimum absolute atomic E-state index is 0.00439. The molecule has 3 N–H and O–H groups in total. The number of nitrogen functional groups attached to an aromatic ring is 1. The zero-order valence-corrected chi connectivity index (χ0v) is 10.4. The number of hydrogen-bond donors (Lipinski definition) is 2. The van der Waals surface area contributed by atoms with E-state index in [9.17, 15) is 0 Å². The van der Waals surface area contributed by atoms with Crippen molar-refractivity contribution < 1.29 is 9.84 Å². The molecule has 0 unspecified atom stereocenters. The molecule has 0 aliphatic carbocycles. The highest BCUT2D eigenvalue weighted by Gasteiger charge is 2.06. The van der Waals surface area contributed by atoms with Crippen LogP contribution in [-0.2, 0) is 6.61 Å². The number of anilines is 1. The van der Waals surface area contributed by atoms with Crippen molar-refractivity contribution in [1.82, 2.24) is 9.97 Å². The number of rotatable bonds is 3. The first-order valence-electron chi connectivity index (χ1n) is 4.84. The highest BCUT2D eigenvalue weighted by molar-refractivity contribution is 9.10. The molecule has 6 heteroatoms. The molecule has 0 aliphatic rings. The smallest absolute Gasteiger partial charge is 0.238 e. The molecule has 0 aliphatic heterocycles. The molecule has 0 atom stereocenters. The normalized spacial score (nSPS) is 10.2. The van der Waals surface area contributed by atoms with Gasteiger partial charge in [0.25, 0.3) is 0 Å². The maximum Gasteiger partial charge on any atom is 0.238 e. The van der Waals surface area contributed by atoms with Crippen LogP contribution >= 0.6 is 15.9 Å². The second-order valence-electron chi connectivity index (χ2n) is 3.29. The zero-order valence-electron chi connectivity index (χ0n) is 8.80. The molecule has 1 heterocycles. The molecule has 0 saturated carbocycles. The van der Waals surface area contributed by atoms with Crippen LogP contribution in [0.15, 0.2) is 34.9 Å². The molecule has 0 fully saturated rings. The largest absolute Gasteiger partial charge is 0.438 e. The van der Waals surface area contributed by atoms with Gasteiger partial charge in [0.15, 0.2) is 0 Å². The molecule has 2 rings (SSSR count). The molecular weight excluding hydrogens is 286 g/mol. The Balaban J connectivity index is 2.22. The van der Waals surface area contributed by atoms with Crippen LogP contribution in [0.5, 0.6) is 11.6 Å². The van der Waals surface area contributed by atoms with Crippen molar-refractivity contribution in [2.45, 2.75) is 6.61 Å². The minimum atomic E-state index is 0.00439. The number of nitrogens with two attached hydrogens (primary N) is 1. The number of ether oxygens (including phenoxy) is 1. The summed E-state index contributed by atoms with van der Waals surface area (Å²) >= 11 is 3.27. The SMILES string of the molecule is Nc1ncc(Br)c(Oc2ccc(CO)cc2)n1. The van der Waals surface area contributed by atoms with Crippen molar-refractivity contribution in [3.05, 3.63) is 40.5 Å². The summed E-state index contributed by atoms with van der Waals surface area (Å²) < 4.78 is 6.15. The van der Waals surface area contributed by atoms with Crippen molar-refractivity contribution in [1.29, 1.82) is 0 Å². The molecule has 1 aromatic heterocycles. The predicted octanol–water partition coefficient (Wildman–Crippen LogP) is 2.11. The van der Waals surface area contributed by atoms with Gasteiger partial charge in [0, 0.05) is 0 Å². The molecule has 2 aromatic rings. The topological polar surface area (TPSA) is 81.3 Å². The Morgan fingerprint density at radius 1 is 1.29 bits per heavy atom. The molecule has 0 bridgehead atoms. The number of aromatic nitrogens is 2. The lowest BCUT2D eigenvalue weighted by Crippen LogP contribution is -1.97. The lowest BCUT2D eigenvalue weighted by Gasteiger charge is -2.07. The summed E-state index contributed by atoms with van der Waals surface area (Å²) in [7, 11) is 0. The van der Waals surface area contributed by atoms with Gasteiger partial charge in [0.1, 0.15) is 5.75 Å². The Morgan fingerprint density at radius 2 is 2.00 bits per heavy atom. The molecule has 0 saturated heterocycles. The molecule has 17 heavy (non-hydrogen) atoms. The van der Waals surface area contributed by atoms with Gasteiger partial charge >= 0.3 is 0 Å². The quantitative estimate of drug-likeness (QED) is 0.906. The maximum atomic E-state index is 8.91. The maximum absolute atomic E-state index is 8.91. The van der Waals surface area contributed by atoms with Gasteiger partial charge in [0.2, 0.25) is 11.8 Å². The predicted molar refractivity (Wildman–Crippen MR) is 66.6 cm³/mol. The van der Waals surface area contributed by atoms with Crippen molar-refractivity contribution in [2.24, 2.45) is 0 Å². The number of benzene rings is 1. The third-order valence-electron chi connectivity index (χ3n) is 2.05. The van der Waals surface area contributed by atoms with E-state index >= 15 is 0 Å². The second kappa shape index (κ2) is 5.11. The first kappa shape index (κ1) is 11.8. The van der Waals surface area contributed by atoms with Crippen LogP contribution in [0.2, 0.25) is 0 Å². The highest BCUT2D eigenvalue weighted by atomic mass is 79.9. The summed E-state index contributed by atoms with van der Waals surface area (Å²) in [5, 5.41) is 8.91. The molecule has 0 spiro atoms. The Hall–Kier alpha value is -1.66. The van der Waals surface area contributed by atoms with Crippen molar-refractivity contribution in [3.8, 4) is 11.6 Å². The van der Waals surface area contributed by atoms with Gasteiger partial charge in [-0.2, -0.15) is 4.98 Å².